The quantitative estimate of drug-likeness (QED) is 0.158. The second-order valence-electron chi connectivity index (χ2n) is 7.82. The van der Waals surface area contributed by atoms with Crippen LogP contribution in [0, 0.1) is 5.92 Å². The van der Waals surface area contributed by atoms with Crippen molar-refractivity contribution in [3.8, 4) is 0 Å². The van der Waals surface area contributed by atoms with Gasteiger partial charge in [0.25, 0.3) is 0 Å². The molecule has 2 atom stereocenters. The van der Waals surface area contributed by atoms with Gasteiger partial charge in [-0.05, 0) is 38.8 Å². The molecule has 6 nitrogen and oxygen atoms in total. The standard InChI is InChI=1S/C25H38O6/c1-8-15-31-25(3,4)14-13-19(2)23(28-6)17-20(26)10-9-16-30-21-11-12-22(27-5)24(18-21)29-7/h8,12-14,17-19,21H,1,9-11,15-16H2,2-7H3/b14-13-,23-17-. The summed E-state index contributed by atoms with van der Waals surface area (Å²) in [4.78, 5) is 12.4. The summed E-state index contributed by atoms with van der Waals surface area (Å²) in [6, 6.07) is 0. The van der Waals surface area contributed by atoms with Crippen molar-refractivity contribution in [2.45, 2.75) is 51.7 Å². The van der Waals surface area contributed by atoms with Gasteiger partial charge >= 0.3 is 0 Å². The fourth-order valence-electron chi connectivity index (χ4n) is 2.99. The first-order valence-electron chi connectivity index (χ1n) is 10.6. The van der Waals surface area contributed by atoms with E-state index >= 15 is 0 Å². The molecule has 0 heterocycles. The molecule has 0 aromatic carbocycles. The predicted octanol–water partition coefficient (Wildman–Crippen LogP) is 4.89. The Bertz CT molecular complexity index is 699. The van der Waals surface area contributed by atoms with Gasteiger partial charge in [0.2, 0.25) is 0 Å². The van der Waals surface area contributed by atoms with Crippen LogP contribution in [0.1, 0.15) is 40.0 Å². The normalized spacial score (nSPS) is 18.3. The van der Waals surface area contributed by atoms with Crippen LogP contribution in [0.2, 0.25) is 0 Å². The molecule has 6 heteroatoms. The number of ketones is 1. The summed E-state index contributed by atoms with van der Waals surface area (Å²) in [6.07, 6.45) is 12.8. The molecule has 0 saturated carbocycles. The fraction of sp³-hybridized carbons (Fsp3) is 0.560. The van der Waals surface area contributed by atoms with Gasteiger partial charge in [0.15, 0.2) is 17.3 Å². The van der Waals surface area contributed by atoms with Crippen LogP contribution in [0.25, 0.3) is 0 Å². The number of hydrogen-bond acceptors (Lipinski definition) is 6. The second-order valence-corrected chi connectivity index (χ2v) is 7.82. The van der Waals surface area contributed by atoms with Crippen molar-refractivity contribution in [1.82, 2.24) is 0 Å². The summed E-state index contributed by atoms with van der Waals surface area (Å²) in [6.45, 7) is 10.6. The zero-order valence-electron chi connectivity index (χ0n) is 19.8. The van der Waals surface area contributed by atoms with Crippen LogP contribution >= 0.6 is 0 Å². The number of carbonyl (C=O) groups is 1. The fourth-order valence-corrected chi connectivity index (χ4v) is 2.99. The van der Waals surface area contributed by atoms with Crippen molar-refractivity contribution in [2.24, 2.45) is 5.92 Å². The van der Waals surface area contributed by atoms with E-state index in [0.29, 0.717) is 49.8 Å². The molecule has 1 aliphatic carbocycles. The molecule has 0 aromatic heterocycles. The average molecular weight is 435 g/mol. The molecule has 2 unspecified atom stereocenters. The Morgan fingerprint density at radius 2 is 1.97 bits per heavy atom. The van der Waals surface area contributed by atoms with Crippen molar-refractivity contribution in [2.75, 3.05) is 34.5 Å². The maximum atomic E-state index is 12.4. The minimum Gasteiger partial charge on any atom is -0.500 e. The van der Waals surface area contributed by atoms with Gasteiger partial charge in [-0.15, -0.1) is 6.58 Å². The number of rotatable bonds is 15. The summed E-state index contributed by atoms with van der Waals surface area (Å²) < 4.78 is 27.5. The zero-order valence-corrected chi connectivity index (χ0v) is 19.8. The Kier molecular flexibility index (Phi) is 12.0. The third-order valence-electron chi connectivity index (χ3n) is 4.80. The number of ether oxygens (including phenoxy) is 5. The highest BCUT2D eigenvalue weighted by molar-refractivity contribution is 5.90. The third-order valence-corrected chi connectivity index (χ3v) is 4.80. The second kappa shape index (κ2) is 13.9. The average Bonchev–Trinajstić information content (AvgIpc) is 2.77. The monoisotopic (exact) mass is 434 g/mol. The lowest BCUT2D eigenvalue weighted by Crippen LogP contribution is -2.21. The minimum atomic E-state index is -0.419. The maximum Gasteiger partial charge on any atom is 0.159 e. The van der Waals surface area contributed by atoms with Gasteiger partial charge in [0, 0.05) is 25.0 Å². The van der Waals surface area contributed by atoms with Gasteiger partial charge < -0.3 is 23.7 Å². The van der Waals surface area contributed by atoms with E-state index in [4.69, 9.17) is 23.7 Å². The lowest BCUT2D eigenvalue weighted by atomic mass is 10.0. The Hall–Kier alpha value is -2.31. The van der Waals surface area contributed by atoms with E-state index < -0.39 is 5.60 Å². The van der Waals surface area contributed by atoms with Crippen molar-refractivity contribution in [3.05, 3.63) is 60.3 Å². The van der Waals surface area contributed by atoms with Crippen LogP contribution in [-0.4, -0.2) is 52.0 Å². The molecule has 1 rings (SSSR count). The third kappa shape index (κ3) is 10.0. The van der Waals surface area contributed by atoms with E-state index in [2.05, 4.69) is 6.58 Å². The smallest absolute Gasteiger partial charge is 0.159 e. The molecule has 0 spiro atoms. The molecular weight excluding hydrogens is 396 g/mol. The number of methoxy groups -OCH3 is 3. The van der Waals surface area contributed by atoms with E-state index in [1.54, 1.807) is 33.5 Å². The largest absolute Gasteiger partial charge is 0.500 e. The van der Waals surface area contributed by atoms with Crippen molar-refractivity contribution in [3.63, 3.8) is 0 Å². The summed E-state index contributed by atoms with van der Waals surface area (Å²) >= 11 is 0. The molecule has 0 saturated heterocycles. The Morgan fingerprint density at radius 1 is 1.26 bits per heavy atom. The topological polar surface area (TPSA) is 63.2 Å². The van der Waals surface area contributed by atoms with Crippen LogP contribution in [0.3, 0.4) is 0 Å². The highest BCUT2D eigenvalue weighted by Gasteiger charge is 2.18. The zero-order chi connectivity index (χ0) is 23.3. The van der Waals surface area contributed by atoms with E-state index in [1.807, 2.05) is 45.1 Å². The van der Waals surface area contributed by atoms with Crippen LogP contribution in [-0.2, 0) is 28.5 Å². The van der Waals surface area contributed by atoms with Gasteiger partial charge in [-0.25, -0.2) is 0 Å². The molecule has 1 aliphatic rings. The van der Waals surface area contributed by atoms with E-state index in [-0.39, 0.29) is 17.8 Å². The molecule has 0 fully saturated rings. The lowest BCUT2D eigenvalue weighted by Gasteiger charge is -2.21. The van der Waals surface area contributed by atoms with Gasteiger partial charge in [-0.2, -0.15) is 0 Å². The summed E-state index contributed by atoms with van der Waals surface area (Å²) in [5.41, 5.74) is -0.419. The molecule has 174 valence electrons. The van der Waals surface area contributed by atoms with Gasteiger partial charge in [0.1, 0.15) is 5.76 Å². The lowest BCUT2D eigenvalue weighted by molar-refractivity contribution is -0.115. The number of hydrogen-bond donors (Lipinski definition) is 0. The Morgan fingerprint density at radius 3 is 2.58 bits per heavy atom. The first-order chi connectivity index (χ1) is 14.8. The van der Waals surface area contributed by atoms with Gasteiger partial charge in [-0.3, -0.25) is 4.79 Å². The minimum absolute atomic E-state index is 0.0150. The first-order valence-corrected chi connectivity index (χ1v) is 10.6. The van der Waals surface area contributed by atoms with Crippen LogP contribution in [0.5, 0.6) is 0 Å². The maximum absolute atomic E-state index is 12.4. The molecular formula is C25H38O6. The molecule has 0 N–H and O–H groups in total. The summed E-state index contributed by atoms with van der Waals surface area (Å²) in [5, 5.41) is 0. The molecule has 0 radical (unpaired) electrons. The van der Waals surface area contributed by atoms with Crippen molar-refractivity contribution >= 4 is 5.78 Å². The van der Waals surface area contributed by atoms with E-state index in [9.17, 15) is 4.79 Å². The number of carbonyl (C=O) groups excluding carboxylic acids is 1. The predicted molar refractivity (Wildman–Crippen MR) is 122 cm³/mol. The summed E-state index contributed by atoms with van der Waals surface area (Å²) in [5.74, 6) is 1.98. The molecule has 0 amide bonds. The van der Waals surface area contributed by atoms with Crippen molar-refractivity contribution in [1.29, 1.82) is 0 Å². The highest BCUT2D eigenvalue weighted by Crippen LogP contribution is 2.22. The van der Waals surface area contributed by atoms with Gasteiger partial charge in [0.05, 0.1) is 39.6 Å². The Balaban J connectivity index is 2.49. The van der Waals surface area contributed by atoms with Crippen LogP contribution in [0.15, 0.2) is 60.3 Å². The van der Waals surface area contributed by atoms with Gasteiger partial charge in [-0.1, -0.05) is 25.2 Å². The Labute approximate surface area is 187 Å². The molecule has 0 aliphatic heterocycles. The SMILES string of the molecule is C=CCOC(C)(C)/C=C\C(C)/C(=C/C(=O)CCCOC1C=C(OC)C(OC)=CC1)OC. The number of allylic oxidation sites excluding steroid dienone is 2. The first kappa shape index (κ1) is 26.7. The van der Waals surface area contributed by atoms with Crippen LogP contribution in [0.4, 0.5) is 0 Å². The van der Waals surface area contributed by atoms with Crippen molar-refractivity contribution < 1.29 is 28.5 Å². The van der Waals surface area contributed by atoms with E-state index in [1.165, 1.54) is 0 Å². The molecule has 0 bridgehead atoms. The molecule has 0 aromatic rings. The van der Waals surface area contributed by atoms with Crippen LogP contribution < -0.4 is 0 Å². The highest BCUT2D eigenvalue weighted by atomic mass is 16.5. The van der Waals surface area contributed by atoms with E-state index in [0.717, 1.165) is 0 Å². The molecule has 31 heavy (non-hydrogen) atoms. The summed E-state index contributed by atoms with van der Waals surface area (Å²) in [7, 11) is 4.79.